The maximum absolute atomic E-state index is 13.1. The van der Waals surface area contributed by atoms with Gasteiger partial charge in [0, 0.05) is 11.6 Å². The van der Waals surface area contributed by atoms with Gasteiger partial charge in [0.25, 0.3) is 6.10 Å². The van der Waals surface area contributed by atoms with Crippen molar-refractivity contribution >= 4 is 0 Å². The third-order valence-corrected chi connectivity index (χ3v) is 2.71. The predicted molar refractivity (Wildman–Crippen MR) is 60.4 cm³/mol. The van der Waals surface area contributed by atoms with Crippen molar-refractivity contribution in [1.29, 1.82) is 0 Å². The van der Waals surface area contributed by atoms with Gasteiger partial charge in [-0.05, 0) is 32.2 Å². The Labute approximate surface area is 115 Å². The van der Waals surface area contributed by atoms with Crippen LogP contribution in [0.4, 0.5) is 30.7 Å². The van der Waals surface area contributed by atoms with E-state index in [1.54, 1.807) is 0 Å². The van der Waals surface area contributed by atoms with Crippen LogP contribution in [-0.4, -0.2) is 25.5 Å². The Morgan fingerprint density at radius 1 is 1.05 bits per heavy atom. The number of alkyl halides is 6. The monoisotopic (exact) mass is 319 g/mol. The molecule has 0 heterocycles. The van der Waals surface area contributed by atoms with Gasteiger partial charge in [0.1, 0.15) is 11.6 Å². The van der Waals surface area contributed by atoms with E-state index in [-0.39, 0.29) is 5.56 Å². The van der Waals surface area contributed by atoms with Crippen LogP contribution in [0.2, 0.25) is 0 Å². The second-order valence-corrected chi connectivity index (χ2v) is 4.27. The van der Waals surface area contributed by atoms with Crippen molar-refractivity contribution in [3.05, 3.63) is 29.6 Å². The summed E-state index contributed by atoms with van der Waals surface area (Å²) in [4.78, 5) is 0. The van der Waals surface area contributed by atoms with Crippen LogP contribution in [0.25, 0.3) is 0 Å². The molecule has 1 unspecified atom stereocenters. The molecule has 0 saturated heterocycles. The van der Waals surface area contributed by atoms with Crippen LogP contribution >= 0.6 is 0 Å². The zero-order valence-corrected chi connectivity index (χ0v) is 10.9. The average Bonchev–Trinajstić information content (AvgIpc) is 2.33. The summed E-state index contributed by atoms with van der Waals surface area (Å²) in [7, 11) is 1.42. The van der Waals surface area contributed by atoms with E-state index in [0.717, 1.165) is 18.2 Å². The lowest BCUT2D eigenvalue weighted by Crippen LogP contribution is -2.46. The molecule has 0 aromatic heterocycles. The highest BCUT2D eigenvalue weighted by Crippen LogP contribution is 2.38. The summed E-state index contributed by atoms with van der Waals surface area (Å²) in [5.41, 5.74) is -0.143. The molecule has 21 heavy (non-hydrogen) atoms. The topological polar surface area (TPSA) is 21.3 Å². The van der Waals surface area contributed by atoms with Gasteiger partial charge in [-0.1, -0.05) is 0 Å². The Balaban J connectivity index is 3.21. The fourth-order valence-electron chi connectivity index (χ4n) is 1.57. The highest BCUT2D eigenvalue weighted by Gasteiger charge is 2.59. The minimum atomic E-state index is -5.63. The molecule has 1 N–H and O–H groups in total. The van der Waals surface area contributed by atoms with Crippen molar-refractivity contribution in [3.63, 3.8) is 0 Å². The third-order valence-electron chi connectivity index (χ3n) is 2.71. The largest absolute Gasteiger partial charge is 0.471 e. The Hall–Kier alpha value is -1.51. The Bertz CT molecular complexity index is 469. The minimum Gasteiger partial charge on any atom is -0.471 e. The molecule has 0 radical (unpaired) electrons. The summed E-state index contributed by atoms with van der Waals surface area (Å²) in [5.74, 6) is -1.48. The van der Waals surface area contributed by atoms with E-state index in [1.165, 1.54) is 14.0 Å². The maximum Gasteiger partial charge on any atom is 0.434 e. The van der Waals surface area contributed by atoms with Gasteiger partial charge in [-0.3, -0.25) is 0 Å². The SMILES string of the molecule is CNC(C)c1cc(F)ccc1OC(C(F)(F)F)C(F)(F)F. The molecule has 0 bridgehead atoms. The third kappa shape index (κ3) is 4.48. The molecule has 0 amide bonds. The standard InChI is InChI=1S/C12H12F7NO/c1-6(20-2)8-5-7(13)3-4-9(8)21-10(11(14,15)16)12(17,18)19/h3-6,10,20H,1-2H3. The van der Waals surface area contributed by atoms with E-state index >= 15 is 0 Å². The molecule has 0 saturated carbocycles. The normalized spacial score (nSPS) is 14.4. The van der Waals surface area contributed by atoms with Crippen LogP contribution in [0.15, 0.2) is 18.2 Å². The fraction of sp³-hybridized carbons (Fsp3) is 0.500. The van der Waals surface area contributed by atoms with Crippen molar-refractivity contribution in [3.8, 4) is 5.75 Å². The number of hydrogen-bond donors (Lipinski definition) is 1. The van der Waals surface area contributed by atoms with Gasteiger partial charge in [-0.15, -0.1) is 0 Å². The van der Waals surface area contributed by atoms with Crippen LogP contribution in [0.1, 0.15) is 18.5 Å². The molecule has 9 heteroatoms. The molecule has 0 fully saturated rings. The molecule has 1 aromatic rings. The highest BCUT2D eigenvalue weighted by molar-refractivity contribution is 5.36. The molecule has 1 atom stereocenters. The van der Waals surface area contributed by atoms with Crippen molar-refractivity contribution in [1.82, 2.24) is 5.32 Å². The molecular formula is C12H12F7NO. The van der Waals surface area contributed by atoms with Gasteiger partial charge >= 0.3 is 12.4 Å². The first kappa shape index (κ1) is 17.5. The number of benzene rings is 1. The quantitative estimate of drug-likeness (QED) is 0.848. The van der Waals surface area contributed by atoms with Gasteiger partial charge in [0.05, 0.1) is 0 Å². The Kier molecular flexibility index (Phi) is 5.08. The minimum absolute atomic E-state index is 0.143. The zero-order chi connectivity index (χ0) is 16.4. The lowest BCUT2D eigenvalue weighted by Gasteiger charge is -2.26. The second kappa shape index (κ2) is 6.08. The summed E-state index contributed by atoms with van der Waals surface area (Å²) in [6, 6.07) is 1.59. The molecule has 0 aliphatic carbocycles. The lowest BCUT2D eigenvalue weighted by molar-refractivity contribution is -0.300. The average molecular weight is 319 g/mol. The van der Waals surface area contributed by atoms with Gasteiger partial charge < -0.3 is 10.1 Å². The van der Waals surface area contributed by atoms with Crippen LogP contribution < -0.4 is 10.1 Å². The first-order valence-corrected chi connectivity index (χ1v) is 5.73. The molecular weight excluding hydrogens is 307 g/mol. The molecule has 1 rings (SSSR count). The summed E-state index contributed by atoms with van der Waals surface area (Å²) in [6.45, 7) is 1.44. The molecule has 0 aliphatic rings. The van der Waals surface area contributed by atoms with Gasteiger partial charge in [-0.25, -0.2) is 4.39 Å². The second-order valence-electron chi connectivity index (χ2n) is 4.27. The number of ether oxygens (including phenoxy) is 1. The molecule has 2 nitrogen and oxygen atoms in total. The van der Waals surface area contributed by atoms with Crippen LogP contribution in [-0.2, 0) is 0 Å². The van der Waals surface area contributed by atoms with Crippen LogP contribution in [0.3, 0.4) is 0 Å². The van der Waals surface area contributed by atoms with E-state index < -0.39 is 36.1 Å². The smallest absolute Gasteiger partial charge is 0.434 e. The zero-order valence-electron chi connectivity index (χ0n) is 10.9. The Morgan fingerprint density at radius 2 is 1.57 bits per heavy atom. The first-order valence-electron chi connectivity index (χ1n) is 5.73. The lowest BCUT2D eigenvalue weighted by atomic mass is 10.1. The fourth-order valence-corrected chi connectivity index (χ4v) is 1.57. The number of rotatable bonds is 4. The van der Waals surface area contributed by atoms with Gasteiger partial charge in [0.2, 0.25) is 0 Å². The van der Waals surface area contributed by atoms with Crippen LogP contribution in [0, 0.1) is 5.82 Å². The van der Waals surface area contributed by atoms with Crippen LogP contribution in [0.5, 0.6) is 5.75 Å². The summed E-state index contributed by atoms with van der Waals surface area (Å²) >= 11 is 0. The van der Waals surface area contributed by atoms with Gasteiger partial charge in [0.15, 0.2) is 0 Å². The number of halogens is 7. The highest BCUT2D eigenvalue weighted by atomic mass is 19.4. The van der Waals surface area contributed by atoms with Crippen molar-refractivity contribution in [2.75, 3.05) is 7.05 Å². The number of nitrogens with one attached hydrogen (secondary N) is 1. The molecule has 0 spiro atoms. The number of hydrogen-bond acceptors (Lipinski definition) is 2. The predicted octanol–water partition coefficient (Wildman–Crippen LogP) is 3.98. The van der Waals surface area contributed by atoms with E-state index in [0.29, 0.717) is 0 Å². The summed E-state index contributed by atoms with van der Waals surface area (Å²) in [6.07, 6.45) is -15.2. The molecule has 120 valence electrons. The van der Waals surface area contributed by atoms with Crippen molar-refractivity contribution in [2.45, 2.75) is 31.4 Å². The van der Waals surface area contributed by atoms with Crippen molar-refractivity contribution in [2.24, 2.45) is 0 Å². The van der Waals surface area contributed by atoms with E-state index in [9.17, 15) is 30.7 Å². The van der Waals surface area contributed by atoms with Gasteiger partial charge in [-0.2, -0.15) is 26.3 Å². The summed E-state index contributed by atoms with van der Waals surface area (Å²) < 4.78 is 92.0. The van der Waals surface area contributed by atoms with E-state index in [1.807, 2.05) is 0 Å². The Morgan fingerprint density at radius 3 is 2.00 bits per heavy atom. The van der Waals surface area contributed by atoms with E-state index in [2.05, 4.69) is 10.1 Å². The van der Waals surface area contributed by atoms with E-state index in [4.69, 9.17) is 0 Å². The summed E-state index contributed by atoms with van der Waals surface area (Å²) in [5, 5.41) is 2.59. The van der Waals surface area contributed by atoms with Crippen molar-refractivity contribution < 1.29 is 35.5 Å². The maximum atomic E-state index is 13.1. The molecule has 0 aliphatic heterocycles. The molecule has 1 aromatic carbocycles. The first-order chi connectivity index (χ1) is 9.46.